The van der Waals surface area contributed by atoms with Gasteiger partial charge in [-0.15, -0.1) is 0 Å². The Morgan fingerprint density at radius 1 is 0.583 bits per heavy atom. The van der Waals surface area contributed by atoms with Gasteiger partial charge in [-0.05, 0) is 83.9 Å². The zero-order chi connectivity index (χ0) is 33.9. The van der Waals surface area contributed by atoms with Crippen LogP contribution in [0.15, 0.2) is 106 Å². The summed E-state index contributed by atoms with van der Waals surface area (Å²) in [7, 11) is 3.16. The standard InChI is InChI=1S/C36H26Cl4N4O4/c1-47-25-9-3-21(4-10-25)17-31-35(45)43(33(41-31)27-13-7-23(37)19-29(27)39)15-16-44-34(28-14-8-24(38)20-30(28)40)42-32(36(44)46)18-22-5-11-26(48-2)12-6-22/h3-14,17-20H,15-16H2,1-2H3/b31-17-,32-18+. The first-order valence-electron chi connectivity index (χ1n) is 14.6. The highest BCUT2D eigenvalue weighted by Crippen LogP contribution is 2.31. The third-order valence-electron chi connectivity index (χ3n) is 7.62. The van der Waals surface area contributed by atoms with Gasteiger partial charge in [-0.25, -0.2) is 9.98 Å². The predicted octanol–water partition coefficient (Wildman–Crippen LogP) is 8.28. The average molecular weight is 720 g/mol. The van der Waals surface area contributed by atoms with Crippen LogP contribution in [0.4, 0.5) is 0 Å². The van der Waals surface area contributed by atoms with Crippen LogP contribution in [0.1, 0.15) is 22.3 Å². The number of halogens is 4. The molecule has 2 aliphatic rings. The van der Waals surface area contributed by atoms with Crippen LogP contribution >= 0.6 is 46.4 Å². The molecule has 0 saturated carbocycles. The molecular weight excluding hydrogens is 694 g/mol. The SMILES string of the molecule is COc1ccc(/C=C2\N=C(c3ccc(Cl)cc3Cl)N(CCN3C(=O)/C(=C\c4ccc(OC)cc4)N=C3c3ccc(Cl)cc3Cl)C2=O)cc1. The number of nitrogens with zero attached hydrogens (tertiary/aromatic N) is 4. The van der Waals surface area contributed by atoms with E-state index in [2.05, 4.69) is 0 Å². The molecule has 0 bridgehead atoms. The minimum atomic E-state index is -0.365. The Balaban J connectivity index is 1.35. The number of rotatable bonds is 9. The molecule has 0 atom stereocenters. The Morgan fingerprint density at radius 3 is 1.29 bits per heavy atom. The molecule has 0 radical (unpaired) electrons. The molecule has 8 nitrogen and oxygen atoms in total. The van der Waals surface area contributed by atoms with Crippen molar-refractivity contribution in [1.82, 2.24) is 9.80 Å². The van der Waals surface area contributed by atoms with E-state index in [9.17, 15) is 9.59 Å². The molecule has 0 saturated heterocycles. The molecule has 2 amide bonds. The Kier molecular flexibility index (Phi) is 9.89. The molecule has 242 valence electrons. The third-order valence-corrected chi connectivity index (χ3v) is 8.72. The van der Waals surface area contributed by atoms with Gasteiger partial charge in [0.25, 0.3) is 11.8 Å². The van der Waals surface area contributed by atoms with E-state index < -0.39 is 0 Å². The van der Waals surface area contributed by atoms with Crippen molar-refractivity contribution < 1.29 is 19.1 Å². The van der Waals surface area contributed by atoms with E-state index in [1.54, 1.807) is 87.0 Å². The molecular formula is C36H26Cl4N4O4. The first-order valence-corrected chi connectivity index (χ1v) is 16.1. The summed E-state index contributed by atoms with van der Waals surface area (Å²) in [5.74, 6) is 1.28. The fourth-order valence-corrected chi connectivity index (χ4v) is 6.17. The summed E-state index contributed by atoms with van der Waals surface area (Å²) in [5, 5.41) is 1.52. The number of ether oxygens (including phenoxy) is 2. The van der Waals surface area contributed by atoms with Crippen molar-refractivity contribution in [3.05, 3.63) is 139 Å². The van der Waals surface area contributed by atoms with Crippen LogP contribution in [0.25, 0.3) is 12.2 Å². The fourth-order valence-electron chi connectivity index (χ4n) is 5.19. The molecule has 2 heterocycles. The summed E-state index contributed by atoms with van der Waals surface area (Å²) in [5.41, 5.74) is 2.92. The smallest absolute Gasteiger partial charge is 0.278 e. The maximum atomic E-state index is 13.9. The monoisotopic (exact) mass is 718 g/mol. The molecule has 4 aromatic carbocycles. The molecule has 0 N–H and O–H groups in total. The number of amides is 2. The quantitative estimate of drug-likeness (QED) is 0.163. The van der Waals surface area contributed by atoms with Crippen LogP contribution < -0.4 is 9.47 Å². The van der Waals surface area contributed by atoms with E-state index in [1.807, 2.05) is 24.3 Å². The highest BCUT2D eigenvalue weighted by Gasteiger charge is 2.36. The van der Waals surface area contributed by atoms with Crippen molar-refractivity contribution in [3.63, 3.8) is 0 Å². The van der Waals surface area contributed by atoms with Crippen molar-refractivity contribution in [1.29, 1.82) is 0 Å². The lowest BCUT2D eigenvalue weighted by Gasteiger charge is -2.24. The van der Waals surface area contributed by atoms with Gasteiger partial charge in [0, 0.05) is 34.3 Å². The van der Waals surface area contributed by atoms with E-state index in [4.69, 9.17) is 65.9 Å². The molecule has 0 aliphatic carbocycles. The van der Waals surface area contributed by atoms with Gasteiger partial charge in [-0.1, -0.05) is 70.7 Å². The van der Waals surface area contributed by atoms with Crippen molar-refractivity contribution in [2.24, 2.45) is 9.98 Å². The molecule has 0 spiro atoms. The van der Waals surface area contributed by atoms with Gasteiger partial charge in [0.05, 0.1) is 24.3 Å². The zero-order valence-electron chi connectivity index (χ0n) is 25.6. The van der Waals surface area contributed by atoms with E-state index in [0.29, 0.717) is 54.4 Å². The zero-order valence-corrected chi connectivity index (χ0v) is 28.6. The Hall–Kier alpha value is -4.60. The first kappa shape index (κ1) is 33.3. The minimum absolute atomic E-state index is 0.0579. The largest absolute Gasteiger partial charge is 0.497 e. The first-order chi connectivity index (χ1) is 23.1. The topological polar surface area (TPSA) is 83.8 Å². The summed E-state index contributed by atoms with van der Waals surface area (Å²) in [6.07, 6.45) is 3.37. The molecule has 48 heavy (non-hydrogen) atoms. The molecule has 0 unspecified atom stereocenters. The van der Waals surface area contributed by atoms with E-state index in [-0.39, 0.29) is 36.3 Å². The van der Waals surface area contributed by atoms with Gasteiger partial charge in [-0.2, -0.15) is 0 Å². The predicted molar refractivity (Wildman–Crippen MR) is 191 cm³/mol. The maximum Gasteiger partial charge on any atom is 0.278 e. The number of carbonyl (C=O) groups excluding carboxylic acids is 2. The lowest BCUT2D eigenvalue weighted by molar-refractivity contribution is -0.125. The fraction of sp³-hybridized carbons (Fsp3) is 0.111. The number of benzene rings is 4. The number of carbonyl (C=O) groups is 2. The second-order valence-electron chi connectivity index (χ2n) is 10.6. The van der Waals surface area contributed by atoms with Crippen molar-refractivity contribution in [2.45, 2.75) is 0 Å². The van der Waals surface area contributed by atoms with Crippen molar-refractivity contribution in [2.75, 3.05) is 27.3 Å². The highest BCUT2D eigenvalue weighted by molar-refractivity contribution is 6.38. The second kappa shape index (κ2) is 14.3. The number of amidine groups is 2. The van der Waals surface area contributed by atoms with Crippen molar-refractivity contribution in [3.8, 4) is 11.5 Å². The van der Waals surface area contributed by atoms with E-state index >= 15 is 0 Å². The highest BCUT2D eigenvalue weighted by atomic mass is 35.5. The van der Waals surface area contributed by atoms with Gasteiger partial charge in [0.1, 0.15) is 34.6 Å². The molecule has 0 fully saturated rings. The van der Waals surface area contributed by atoms with Crippen molar-refractivity contribution >= 4 is 82.0 Å². The summed E-state index contributed by atoms with van der Waals surface area (Å²) in [6.45, 7) is 0.116. The lowest BCUT2D eigenvalue weighted by Crippen LogP contribution is -2.43. The maximum absolute atomic E-state index is 13.9. The Labute approximate surface area is 297 Å². The van der Waals surface area contributed by atoms with Gasteiger partial charge in [0.15, 0.2) is 0 Å². The van der Waals surface area contributed by atoms with Gasteiger partial charge >= 0.3 is 0 Å². The van der Waals surface area contributed by atoms with Gasteiger partial charge in [-0.3, -0.25) is 19.4 Å². The van der Waals surface area contributed by atoms with Gasteiger partial charge in [0.2, 0.25) is 0 Å². The lowest BCUT2D eigenvalue weighted by atomic mass is 10.1. The van der Waals surface area contributed by atoms with Crippen LogP contribution in [0.5, 0.6) is 11.5 Å². The molecule has 0 aromatic heterocycles. The summed E-state index contributed by atoms with van der Waals surface area (Å²) < 4.78 is 10.5. The number of methoxy groups -OCH3 is 2. The molecule has 6 rings (SSSR count). The number of hydrogen-bond acceptors (Lipinski definition) is 6. The van der Waals surface area contributed by atoms with Crippen LogP contribution in [-0.2, 0) is 9.59 Å². The summed E-state index contributed by atoms with van der Waals surface area (Å²) >= 11 is 25.6. The second-order valence-corrected chi connectivity index (χ2v) is 12.3. The molecule has 2 aliphatic heterocycles. The number of hydrogen-bond donors (Lipinski definition) is 0. The molecule has 12 heteroatoms. The minimum Gasteiger partial charge on any atom is -0.497 e. The van der Waals surface area contributed by atoms with Crippen LogP contribution in [0, 0.1) is 0 Å². The molecule has 4 aromatic rings. The summed E-state index contributed by atoms with van der Waals surface area (Å²) in [4.78, 5) is 40.3. The van der Waals surface area contributed by atoms with Gasteiger partial charge < -0.3 is 9.47 Å². The summed E-state index contributed by atoms with van der Waals surface area (Å²) in [6, 6.07) is 24.4. The van der Waals surface area contributed by atoms with Crippen LogP contribution in [0.3, 0.4) is 0 Å². The number of aliphatic imine (C=N–C) groups is 2. The van der Waals surface area contributed by atoms with E-state index in [1.165, 1.54) is 9.80 Å². The Morgan fingerprint density at radius 2 is 0.958 bits per heavy atom. The normalized spacial score (nSPS) is 16.2. The van der Waals surface area contributed by atoms with Crippen LogP contribution in [0.2, 0.25) is 20.1 Å². The van der Waals surface area contributed by atoms with Crippen LogP contribution in [-0.4, -0.2) is 60.6 Å². The average Bonchev–Trinajstić information content (AvgIpc) is 3.54. The Bertz CT molecular complexity index is 1890. The third kappa shape index (κ3) is 6.98. The van der Waals surface area contributed by atoms with E-state index in [0.717, 1.165) is 11.1 Å².